The Balaban J connectivity index is 1.52. The summed E-state index contributed by atoms with van der Waals surface area (Å²) in [5.74, 6) is -0.581. The Morgan fingerprint density at radius 3 is 2.34 bits per heavy atom. The maximum absolute atomic E-state index is 13.3. The second-order valence-electron chi connectivity index (χ2n) is 9.84. The molecule has 1 fully saturated rings. The summed E-state index contributed by atoms with van der Waals surface area (Å²) in [6, 6.07) is 19.2. The van der Waals surface area contributed by atoms with E-state index in [1.165, 1.54) is 11.4 Å². The molecule has 0 aliphatic carbocycles. The van der Waals surface area contributed by atoms with Crippen LogP contribution < -0.4 is 0 Å². The van der Waals surface area contributed by atoms with Gasteiger partial charge in [0.15, 0.2) is 5.88 Å². The number of aromatic hydroxyl groups is 1. The Morgan fingerprint density at radius 1 is 1.02 bits per heavy atom. The van der Waals surface area contributed by atoms with Crippen LogP contribution in [0.1, 0.15) is 27.0 Å². The van der Waals surface area contributed by atoms with Crippen molar-refractivity contribution < 1.29 is 28.2 Å². The Kier molecular flexibility index (Phi) is 8.22. The number of nitrogens with zero attached hydrogens (tertiary/aromatic N) is 3. The lowest BCUT2D eigenvalue weighted by atomic mass is 9.98. The van der Waals surface area contributed by atoms with Gasteiger partial charge < -0.3 is 19.9 Å². The average molecular weight is 577 g/mol. The second-order valence-corrected chi connectivity index (χ2v) is 11.8. The fraction of sp³-hybridized carbons (Fsp3) is 0.267. The molecule has 0 radical (unpaired) electrons. The lowest BCUT2D eigenvalue weighted by Gasteiger charge is -2.33. The number of hydrogen-bond acceptors (Lipinski definition) is 8. The van der Waals surface area contributed by atoms with E-state index >= 15 is 0 Å². The minimum atomic E-state index is -3.68. The quantitative estimate of drug-likeness (QED) is 0.216. The summed E-state index contributed by atoms with van der Waals surface area (Å²) in [6.45, 7) is 4.22. The molecule has 2 heterocycles. The molecule has 4 aromatic rings. The first-order valence-corrected chi connectivity index (χ1v) is 14.7. The molecule has 1 aliphatic heterocycles. The minimum Gasteiger partial charge on any atom is -0.494 e. The van der Waals surface area contributed by atoms with E-state index in [2.05, 4.69) is 4.98 Å². The molecule has 0 atom stereocenters. The molecular formula is C30H32N4O6S. The highest BCUT2D eigenvalue weighted by Gasteiger charge is 2.28. The number of aromatic amines is 1. The summed E-state index contributed by atoms with van der Waals surface area (Å²) in [5, 5.41) is 20.8. The predicted molar refractivity (Wildman–Crippen MR) is 157 cm³/mol. The van der Waals surface area contributed by atoms with Crippen molar-refractivity contribution in [3.63, 3.8) is 0 Å². The van der Waals surface area contributed by atoms with Crippen LogP contribution in [0.4, 0.5) is 5.69 Å². The van der Waals surface area contributed by atoms with Gasteiger partial charge in [-0.15, -0.1) is 0 Å². The third kappa shape index (κ3) is 5.75. The van der Waals surface area contributed by atoms with Crippen LogP contribution >= 0.6 is 0 Å². The smallest absolute Gasteiger partial charge is 0.338 e. The highest BCUT2D eigenvalue weighted by atomic mass is 32.2. The van der Waals surface area contributed by atoms with E-state index in [0.717, 1.165) is 5.56 Å². The van der Waals surface area contributed by atoms with Crippen molar-refractivity contribution in [1.82, 2.24) is 14.2 Å². The number of aliphatic hydroxyl groups excluding tert-OH is 1. The number of carbonyl (C=O) groups excluding carboxylic acids is 1. The zero-order chi connectivity index (χ0) is 29.1. The predicted octanol–water partition coefficient (Wildman–Crippen LogP) is 3.44. The standard InChI is InChI=1S/C30H32N4O6S/c1-20-18-25-26(19-24(20)30(37)40-2)32-29(36)27(25)28(21-6-4-3-5-7-21)31-22-8-10-23(11-9-22)41(38,39)34-14-12-33(13-15-34)16-17-35/h3-11,18-19,32,35-36H,12-17H2,1-2H3. The van der Waals surface area contributed by atoms with Crippen LogP contribution in [0.2, 0.25) is 0 Å². The van der Waals surface area contributed by atoms with Crippen molar-refractivity contribution in [1.29, 1.82) is 0 Å². The van der Waals surface area contributed by atoms with Crippen molar-refractivity contribution in [2.45, 2.75) is 11.8 Å². The van der Waals surface area contributed by atoms with E-state index in [9.17, 15) is 18.3 Å². The molecule has 3 aromatic carbocycles. The zero-order valence-electron chi connectivity index (χ0n) is 22.9. The molecule has 3 N–H and O–H groups in total. The van der Waals surface area contributed by atoms with Crippen LogP contribution in [0.3, 0.4) is 0 Å². The number of nitrogens with one attached hydrogen (secondary N) is 1. The van der Waals surface area contributed by atoms with Gasteiger partial charge in [0.25, 0.3) is 0 Å². The number of ether oxygens (including phenoxy) is 1. The molecule has 1 aromatic heterocycles. The van der Waals surface area contributed by atoms with Crippen LogP contribution in [-0.2, 0) is 14.8 Å². The number of aromatic nitrogens is 1. The van der Waals surface area contributed by atoms with Gasteiger partial charge in [-0.05, 0) is 48.9 Å². The highest BCUT2D eigenvalue weighted by Crippen LogP contribution is 2.33. The fourth-order valence-corrected chi connectivity index (χ4v) is 6.49. The van der Waals surface area contributed by atoms with Gasteiger partial charge in [0, 0.05) is 49.2 Å². The molecular weight excluding hydrogens is 544 g/mol. The largest absolute Gasteiger partial charge is 0.494 e. The number of β-amino-alcohol motifs (C(OH)–C–C–N with tert-alkyl or cyclic N) is 1. The molecule has 0 bridgehead atoms. The number of fused-ring (bicyclic) bond motifs is 1. The number of aliphatic imine (C=N–C) groups is 1. The Bertz CT molecular complexity index is 1690. The number of carbonyl (C=O) groups is 1. The van der Waals surface area contributed by atoms with E-state index < -0.39 is 16.0 Å². The van der Waals surface area contributed by atoms with Crippen LogP contribution in [0.25, 0.3) is 10.9 Å². The molecule has 0 amide bonds. The summed E-state index contributed by atoms with van der Waals surface area (Å²) in [7, 11) is -2.36. The molecule has 0 unspecified atom stereocenters. The lowest BCUT2D eigenvalue weighted by molar-refractivity contribution is 0.0600. The van der Waals surface area contributed by atoms with Crippen molar-refractivity contribution in [2.75, 3.05) is 46.4 Å². The summed E-state index contributed by atoms with van der Waals surface area (Å²) >= 11 is 0. The minimum absolute atomic E-state index is 0.0458. The van der Waals surface area contributed by atoms with E-state index in [1.54, 1.807) is 37.3 Å². The molecule has 0 saturated carbocycles. The Morgan fingerprint density at radius 2 is 1.71 bits per heavy atom. The Labute approximate surface area is 238 Å². The topological polar surface area (TPSA) is 136 Å². The number of sulfonamides is 1. The van der Waals surface area contributed by atoms with Crippen LogP contribution in [0.15, 0.2) is 76.6 Å². The Hall–Kier alpha value is -4.03. The van der Waals surface area contributed by atoms with Gasteiger partial charge in [0.1, 0.15) is 0 Å². The van der Waals surface area contributed by atoms with Gasteiger partial charge in [-0.2, -0.15) is 4.31 Å². The number of piperazine rings is 1. The third-order valence-electron chi connectivity index (χ3n) is 7.28. The molecule has 1 saturated heterocycles. The maximum Gasteiger partial charge on any atom is 0.338 e. The van der Waals surface area contributed by atoms with Crippen LogP contribution in [0.5, 0.6) is 5.88 Å². The first-order chi connectivity index (χ1) is 19.7. The molecule has 10 nitrogen and oxygen atoms in total. The molecule has 11 heteroatoms. The average Bonchev–Trinajstić information content (AvgIpc) is 3.30. The van der Waals surface area contributed by atoms with Gasteiger partial charge >= 0.3 is 5.97 Å². The number of benzene rings is 3. The van der Waals surface area contributed by atoms with E-state index in [1.807, 2.05) is 41.3 Å². The number of methoxy groups -OCH3 is 1. The van der Waals surface area contributed by atoms with E-state index in [-0.39, 0.29) is 17.4 Å². The van der Waals surface area contributed by atoms with Crippen molar-refractivity contribution in [3.05, 3.63) is 89.0 Å². The molecule has 5 rings (SSSR count). The summed E-state index contributed by atoms with van der Waals surface area (Å²) in [4.78, 5) is 22.2. The monoisotopic (exact) mass is 576 g/mol. The molecule has 41 heavy (non-hydrogen) atoms. The van der Waals surface area contributed by atoms with Crippen LogP contribution in [-0.4, -0.2) is 90.9 Å². The molecule has 0 spiro atoms. The van der Waals surface area contributed by atoms with Crippen molar-refractivity contribution in [3.8, 4) is 5.88 Å². The lowest BCUT2D eigenvalue weighted by Crippen LogP contribution is -2.49. The van der Waals surface area contributed by atoms with Gasteiger partial charge in [0.2, 0.25) is 10.0 Å². The number of aryl methyl sites for hydroxylation is 1. The number of rotatable bonds is 8. The first kappa shape index (κ1) is 28.5. The van der Waals surface area contributed by atoms with E-state index in [0.29, 0.717) is 71.7 Å². The normalized spacial score (nSPS) is 15.3. The second kappa shape index (κ2) is 11.8. The first-order valence-electron chi connectivity index (χ1n) is 13.2. The SMILES string of the molecule is COC(=O)c1cc2[nH]c(O)c(C(=Nc3ccc(S(=O)(=O)N4CCN(CCO)CC4)cc3)c3ccccc3)c2cc1C. The summed E-state index contributed by atoms with van der Waals surface area (Å²) in [6.07, 6.45) is 0. The molecule has 1 aliphatic rings. The number of esters is 1. The van der Waals surface area contributed by atoms with Gasteiger partial charge in [-0.1, -0.05) is 30.3 Å². The zero-order valence-corrected chi connectivity index (χ0v) is 23.7. The van der Waals surface area contributed by atoms with Crippen molar-refractivity contribution in [2.24, 2.45) is 4.99 Å². The van der Waals surface area contributed by atoms with Crippen LogP contribution in [0, 0.1) is 6.92 Å². The number of hydrogen-bond donors (Lipinski definition) is 3. The number of H-pyrrole nitrogens is 1. The van der Waals surface area contributed by atoms with Crippen molar-refractivity contribution >= 4 is 38.3 Å². The molecule has 214 valence electrons. The maximum atomic E-state index is 13.3. The van der Waals surface area contributed by atoms with Gasteiger partial charge in [-0.3, -0.25) is 4.90 Å². The van der Waals surface area contributed by atoms with Gasteiger partial charge in [0.05, 0.1) is 41.1 Å². The summed E-state index contributed by atoms with van der Waals surface area (Å²) < 4.78 is 32.9. The third-order valence-corrected chi connectivity index (χ3v) is 9.19. The summed E-state index contributed by atoms with van der Waals surface area (Å²) in [5.41, 5.74) is 3.82. The number of aliphatic hydroxyl groups is 1. The highest BCUT2D eigenvalue weighted by molar-refractivity contribution is 7.89. The fourth-order valence-electron chi connectivity index (χ4n) is 5.07. The van der Waals surface area contributed by atoms with Gasteiger partial charge in [-0.25, -0.2) is 18.2 Å². The van der Waals surface area contributed by atoms with E-state index in [4.69, 9.17) is 14.8 Å².